The summed E-state index contributed by atoms with van der Waals surface area (Å²) < 4.78 is 0.971. The minimum atomic E-state index is -0.337. The van der Waals surface area contributed by atoms with Gasteiger partial charge in [-0.05, 0) is 61.5 Å². The van der Waals surface area contributed by atoms with Crippen LogP contribution in [0.5, 0.6) is 0 Å². The highest BCUT2D eigenvalue weighted by atomic mass is 79.9. The molecule has 0 bridgehead atoms. The van der Waals surface area contributed by atoms with Gasteiger partial charge in [0.25, 0.3) is 5.91 Å². The van der Waals surface area contributed by atoms with Crippen molar-refractivity contribution < 1.29 is 4.79 Å². The second kappa shape index (κ2) is 7.78. The van der Waals surface area contributed by atoms with E-state index in [2.05, 4.69) is 31.9 Å². The first kappa shape index (κ1) is 18.9. The zero-order valence-electron chi connectivity index (χ0n) is 14.2. The molecule has 0 radical (unpaired) electrons. The first-order valence-electron chi connectivity index (χ1n) is 7.96. The predicted octanol–water partition coefficient (Wildman–Crippen LogP) is 4.84. The number of nitrogens with one attached hydrogen (secondary N) is 3. The molecule has 0 aliphatic carbocycles. The standard InChI is InChI=1S/C19H17BrClN3OS/c1-10-3-8-14(21)9-15(10)23-18(25)16-11(2)22-19(26)24-17(16)12-4-6-13(20)7-5-12/h3-9,17H,1-2H3,(H,23,25)(H2,22,24,26). The number of hydrogen-bond acceptors (Lipinski definition) is 2. The number of thiocarbonyl (C=S) groups is 1. The van der Waals surface area contributed by atoms with Crippen LogP contribution in [-0.4, -0.2) is 11.0 Å². The van der Waals surface area contributed by atoms with Gasteiger partial charge in [-0.2, -0.15) is 0 Å². The van der Waals surface area contributed by atoms with Crippen molar-refractivity contribution in [3.63, 3.8) is 0 Å². The number of benzene rings is 2. The maximum absolute atomic E-state index is 13.1. The highest BCUT2D eigenvalue weighted by molar-refractivity contribution is 9.10. The molecule has 1 aliphatic rings. The van der Waals surface area contributed by atoms with E-state index < -0.39 is 0 Å². The number of rotatable bonds is 3. The molecule has 2 aromatic rings. The smallest absolute Gasteiger partial charge is 0.255 e. The second-order valence-electron chi connectivity index (χ2n) is 6.04. The van der Waals surface area contributed by atoms with Gasteiger partial charge in [0, 0.05) is 20.9 Å². The molecule has 7 heteroatoms. The lowest BCUT2D eigenvalue weighted by molar-refractivity contribution is -0.113. The average molecular weight is 451 g/mol. The topological polar surface area (TPSA) is 53.2 Å². The van der Waals surface area contributed by atoms with Crippen LogP contribution in [0.4, 0.5) is 5.69 Å². The molecule has 1 heterocycles. The van der Waals surface area contributed by atoms with Gasteiger partial charge in [-0.15, -0.1) is 0 Å². The molecule has 4 nitrogen and oxygen atoms in total. The van der Waals surface area contributed by atoms with Gasteiger partial charge in [0.2, 0.25) is 0 Å². The molecule has 1 unspecified atom stereocenters. The van der Waals surface area contributed by atoms with Crippen LogP contribution in [0.3, 0.4) is 0 Å². The molecule has 0 spiro atoms. The zero-order chi connectivity index (χ0) is 18.8. The largest absolute Gasteiger partial charge is 0.351 e. The summed E-state index contributed by atoms with van der Waals surface area (Å²) in [7, 11) is 0. The monoisotopic (exact) mass is 449 g/mol. The Hall–Kier alpha value is -1.89. The molecule has 26 heavy (non-hydrogen) atoms. The van der Waals surface area contributed by atoms with Crippen LogP contribution < -0.4 is 16.0 Å². The van der Waals surface area contributed by atoms with Gasteiger partial charge in [0.05, 0.1) is 11.6 Å². The van der Waals surface area contributed by atoms with Crippen molar-refractivity contribution in [3.8, 4) is 0 Å². The van der Waals surface area contributed by atoms with E-state index in [-0.39, 0.29) is 11.9 Å². The number of allylic oxidation sites excluding steroid dienone is 1. The molecule has 2 aromatic carbocycles. The SMILES string of the molecule is CC1=C(C(=O)Nc2cc(Cl)ccc2C)C(c2ccc(Br)cc2)NC(=S)N1. The first-order valence-corrected chi connectivity index (χ1v) is 9.54. The van der Waals surface area contributed by atoms with Crippen molar-refractivity contribution in [2.24, 2.45) is 0 Å². The molecule has 0 fully saturated rings. The van der Waals surface area contributed by atoms with Gasteiger partial charge in [0.1, 0.15) is 0 Å². The van der Waals surface area contributed by atoms with Gasteiger partial charge >= 0.3 is 0 Å². The Kier molecular flexibility index (Phi) is 5.65. The Morgan fingerprint density at radius 2 is 1.88 bits per heavy atom. The highest BCUT2D eigenvalue weighted by Crippen LogP contribution is 2.29. The maximum Gasteiger partial charge on any atom is 0.255 e. The second-order valence-corrected chi connectivity index (χ2v) is 7.80. The molecule has 3 N–H and O–H groups in total. The summed E-state index contributed by atoms with van der Waals surface area (Å²) >= 11 is 14.8. The van der Waals surface area contributed by atoms with E-state index in [0.717, 1.165) is 21.3 Å². The van der Waals surface area contributed by atoms with Gasteiger partial charge in [-0.3, -0.25) is 4.79 Å². The summed E-state index contributed by atoms with van der Waals surface area (Å²) in [6.07, 6.45) is 0. The summed E-state index contributed by atoms with van der Waals surface area (Å²) in [6, 6.07) is 12.9. The molecule has 0 saturated carbocycles. The van der Waals surface area contributed by atoms with Gasteiger partial charge in [0.15, 0.2) is 5.11 Å². The minimum Gasteiger partial charge on any atom is -0.351 e. The number of halogens is 2. The van der Waals surface area contributed by atoms with Crippen LogP contribution in [0.15, 0.2) is 58.2 Å². The lowest BCUT2D eigenvalue weighted by Crippen LogP contribution is -2.45. The van der Waals surface area contributed by atoms with Crippen molar-refractivity contribution in [1.29, 1.82) is 0 Å². The molecule has 1 amide bonds. The number of amides is 1. The zero-order valence-corrected chi connectivity index (χ0v) is 17.3. The van der Waals surface area contributed by atoms with E-state index in [1.54, 1.807) is 12.1 Å². The first-order chi connectivity index (χ1) is 12.3. The summed E-state index contributed by atoms with van der Waals surface area (Å²) in [5.74, 6) is -0.205. The van der Waals surface area contributed by atoms with Gasteiger partial charge in [-0.25, -0.2) is 0 Å². The quantitative estimate of drug-likeness (QED) is 0.586. The lowest BCUT2D eigenvalue weighted by atomic mass is 9.95. The van der Waals surface area contributed by atoms with E-state index in [0.29, 0.717) is 21.4 Å². The van der Waals surface area contributed by atoms with Crippen LogP contribution in [0, 0.1) is 6.92 Å². The summed E-state index contributed by atoms with van der Waals surface area (Å²) in [6.45, 7) is 3.77. The van der Waals surface area contributed by atoms with Gasteiger partial charge in [-0.1, -0.05) is 45.7 Å². The molecule has 1 aliphatic heterocycles. The molecule has 134 valence electrons. The van der Waals surface area contributed by atoms with Crippen LogP contribution in [0.25, 0.3) is 0 Å². The molecular formula is C19H17BrClN3OS. The van der Waals surface area contributed by atoms with E-state index in [1.165, 1.54) is 0 Å². The van der Waals surface area contributed by atoms with Crippen molar-refractivity contribution >= 4 is 56.5 Å². The number of hydrogen-bond donors (Lipinski definition) is 3. The van der Waals surface area contributed by atoms with Crippen LogP contribution >= 0.6 is 39.7 Å². The minimum absolute atomic E-state index is 0.205. The predicted molar refractivity (Wildman–Crippen MR) is 113 cm³/mol. The Morgan fingerprint density at radius 3 is 2.58 bits per heavy atom. The summed E-state index contributed by atoms with van der Waals surface area (Å²) in [5.41, 5.74) is 3.88. The third-order valence-electron chi connectivity index (χ3n) is 4.16. The van der Waals surface area contributed by atoms with E-state index >= 15 is 0 Å². The fraction of sp³-hybridized carbons (Fsp3) is 0.158. The summed E-state index contributed by atoms with van der Waals surface area (Å²) in [4.78, 5) is 13.1. The normalized spacial score (nSPS) is 16.8. The molecule has 0 saturated heterocycles. The Morgan fingerprint density at radius 1 is 1.19 bits per heavy atom. The Balaban J connectivity index is 1.96. The number of anilines is 1. The molecule has 1 atom stereocenters. The van der Waals surface area contributed by atoms with Crippen LogP contribution in [-0.2, 0) is 4.79 Å². The van der Waals surface area contributed by atoms with Crippen molar-refractivity contribution in [2.45, 2.75) is 19.9 Å². The Bertz CT molecular complexity index is 912. The van der Waals surface area contributed by atoms with E-state index in [9.17, 15) is 4.79 Å². The number of carbonyl (C=O) groups excluding carboxylic acids is 1. The van der Waals surface area contributed by atoms with Crippen molar-refractivity contribution in [1.82, 2.24) is 10.6 Å². The van der Waals surface area contributed by atoms with Gasteiger partial charge < -0.3 is 16.0 Å². The molecular weight excluding hydrogens is 434 g/mol. The fourth-order valence-corrected chi connectivity index (χ4v) is 3.53. The van der Waals surface area contributed by atoms with E-state index in [1.807, 2.05) is 44.2 Å². The Labute approximate surface area is 171 Å². The third kappa shape index (κ3) is 4.09. The van der Waals surface area contributed by atoms with Crippen molar-refractivity contribution in [2.75, 3.05) is 5.32 Å². The van der Waals surface area contributed by atoms with Crippen LogP contribution in [0.1, 0.15) is 24.1 Å². The van der Waals surface area contributed by atoms with E-state index in [4.69, 9.17) is 23.8 Å². The van der Waals surface area contributed by atoms with Crippen molar-refractivity contribution in [3.05, 3.63) is 74.4 Å². The maximum atomic E-state index is 13.1. The fourth-order valence-electron chi connectivity index (χ4n) is 2.82. The highest BCUT2D eigenvalue weighted by Gasteiger charge is 2.30. The lowest BCUT2D eigenvalue weighted by Gasteiger charge is -2.30. The number of carbonyl (C=O) groups is 1. The molecule has 3 rings (SSSR count). The average Bonchev–Trinajstić information content (AvgIpc) is 2.58. The molecule has 0 aromatic heterocycles. The number of aryl methyl sites for hydroxylation is 1. The third-order valence-corrected chi connectivity index (χ3v) is 5.15. The van der Waals surface area contributed by atoms with Crippen LogP contribution in [0.2, 0.25) is 5.02 Å². The summed E-state index contributed by atoms with van der Waals surface area (Å²) in [5, 5.41) is 10.2.